The summed E-state index contributed by atoms with van der Waals surface area (Å²) in [5.41, 5.74) is 0. The normalized spacial score (nSPS) is 10.0. The van der Waals surface area contributed by atoms with Crippen molar-refractivity contribution >= 4 is 5.90 Å². The van der Waals surface area contributed by atoms with Gasteiger partial charge in [-0.1, -0.05) is 20.8 Å². The predicted octanol–water partition coefficient (Wildman–Crippen LogP) is 2.44. The summed E-state index contributed by atoms with van der Waals surface area (Å²) in [6, 6.07) is 0. The van der Waals surface area contributed by atoms with Crippen LogP contribution in [0.15, 0.2) is 0 Å². The van der Waals surface area contributed by atoms with E-state index >= 15 is 0 Å². The molecule has 0 amide bonds. The maximum atomic E-state index is 7.26. The van der Waals surface area contributed by atoms with Gasteiger partial charge < -0.3 is 4.74 Å². The Morgan fingerprint density at radius 1 is 1.50 bits per heavy atom. The molecule has 0 aromatic carbocycles. The van der Waals surface area contributed by atoms with E-state index in [-0.39, 0.29) is 0 Å². The molecular formula is C8H17NO. The van der Waals surface area contributed by atoms with E-state index in [0.29, 0.717) is 18.4 Å². The summed E-state index contributed by atoms with van der Waals surface area (Å²) in [6.07, 6.45) is 1.77. The Balaban J connectivity index is 3.22. The Morgan fingerprint density at radius 2 is 2.10 bits per heavy atom. The van der Waals surface area contributed by atoms with Crippen LogP contribution in [0.4, 0.5) is 0 Å². The molecule has 0 aliphatic rings. The standard InChI is InChI=1S/C8H17NO/c1-4-5-8(9)10-6-7(2)3/h7,9H,4-6H2,1-3H3. The van der Waals surface area contributed by atoms with Crippen molar-refractivity contribution < 1.29 is 4.74 Å². The highest BCUT2D eigenvalue weighted by atomic mass is 16.5. The van der Waals surface area contributed by atoms with Crippen molar-refractivity contribution in [2.24, 2.45) is 5.92 Å². The fraction of sp³-hybridized carbons (Fsp3) is 0.875. The highest BCUT2D eigenvalue weighted by Crippen LogP contribution is 1.96. The van der Waals surface area contributed by atoms with Crippen molar-refractivity contribution in [3.63, 3.8) is 0 Å². The van der Waals surface area contributed by atoms with Crippen molar-refractivity contribution in [3.05, 3.63) is 0 Å². The molecule has 0 atom stereocenters. The largest absolute Gasteiger partial charge is 0.481 e. The van der Waals surface area contributed by atoms with Crippen molar-refractivity contribution in [3.8, 4) is 0 Å². The minimum Gasteiger partial charge on any atom is -0.481 e. The number of rotatable bonds is 4. The zero-order chi connectivity index (χ0) is 7.98. The van der Waals surface area contributed by atoms with E-state index in [1.807, 2.05) is 6.92 Å². The van der Waals surface area contributed by atoms with Crippen molar-refractivity contribution in [1.82, 2.24) is 0 Å². The van der Waals surface area contributed by atoms with Gasteiger partial charge in [0.05, 0.1) is 6.61 Å². The van der Waals surface area contributed by atoms with Crippen LogP contribution < -0.4 is 0 Å². The van der Waals surface area contributed by atoms with E-state index in [9.17, 15) is 0 Å². The maximum Gasteiger partial charge on any atom is 0.180 e. The first kappa shape index (κ1) is 9.47. The molecule has 2 nitrogen and oxygen atoms in total. The van der Waals surface area contributed by atoms with Crippen LogP contribution >= 0.6 is 0 Å². The summed E-state index contributed by atoms with van der Waals surface area (Å²) in [4.78, 5) is 0. The SMILES string of the molecule is CCCC(=N)OCC(C)C. The lowest BCUT2D eigenvalue weighted by atomic mass is 10.2. The van der Waals surface area contributed by atoms with Crippen LogP contribution in [-0.2, 0) is 4.74 Å². The zero-order valence-electron chi connectivity index (χ0n) is 7.11. The van der Waals surface area contributed by atoms with Gasteiger partial charge in [0.1, 0.15) is 0 Å². The van der Waals surface area contributed by atoms with Gasteiger partial charge in [-0.2, -0.15) is 0 Å². The first-order valence-electron chi connectivity index (χ1n) is 3.87. The molecule has 0 spiro atoms. The molecule has 0 bridgehead atoms. The highest BCUT2D eigenvalue weighted by Gasteiger charge is 1.97. The van der Waals surface area contributed by atoms with Crippen LogP contribution in [0.2, 0.25) is 0 Å². The summed E-state index contributed by atoms with van der Waals surface area (Å²) in [5.74, 6) is 0.952. The molecule has 0 unspecified atom stereocenters. The molecule has 0 fully saturated rings. The van der Waals surface area contributed by atoms with Crippen LogP contribution in [0.1, 0.15) is 33.6 Å². The molecule has 1 N–H and O–H groups in total. The van der Waals surface area contributed by atoms with E-state index in [1.54, 1.807) is 0 Å². The van der Waals surface area contributed by atoms with Crippen molar-refractivity contribution in [2.45, 2.75) is 33.6 Å². The number of hydrogen-bond acceptors (Lipinski definition) is 2. The molecule has 0 heterocycles. The lowest BCUT2D eigenvalue weighted by Crippen LogP contribution is -2.08. The molecule has 0 saturated heterocycles. The van der Waals surface area contributed by atoms with Gasteiger partial charge in [-0.05, 0) is 12.3 Å². The van der Waals surface area contributed by atoms with E-state index in [0.717, 1.165) is 12.8 Å². The lowest BCUT2D eigenvalue weighted by molar-refractivity contribution is 0.249. The first-order valence-corrected chi connectivity index (χ1v) is 3.87. The average Bonchev–Trinajstić information content (AvgIpc) is 1.85. The Hall–Kier alpha value is -0.530. The highest BCUT2D eigenvalue weighted by molar-refractivity contribution is 5.72. The zero-order valence-corrected chi connectivity index (χ0v) is 7.11. The second kappa shape index (κ2) is 5.27. The number of nitrogens with one attached hydrogen (secondary N) is 1. The van der Waals surface area contributed by atoms with Crippen molar-refractivity contribution in [2.75, 3.05) is 6.61 Å². The molecule has 0 aliphatic heterocycles. The topological polar surface area (TPSA) is 33.1 Å². The molecule has 0 saturated carbocycles. The molecule has 0 aliphatic carbocycles. The monoisotopic (exact) mass is 143 g/mol. The van der Waals surface area contributed by atoms with Gasteiger partial charge in [0.25, 0.3) is 0 Å². The molecule has 0 aromatic rings. The third kappa shape index (κ3) is 5.60. The quantitative estimate of drug-likeness (QED) is 0.476. The van der Waals surface area contributed by atoms with Crippen LogP contribution in [0.5, 0.6) is 0 Å². The van der Waals surface area contributed by atoms with E-state index in [2.05, 4.69) is 13.8 Å². The van der Waals surface area contributed by atoms with Crippen LogP contribution in [0.3, 0.4) is 0 Å². The Bertz CT molecular complexity index is 99.4. The van der Waals surface area contributed by atoms with E-state index < -0.39 is 0 Å². The Morgan fingerprint density at radius 3 is 2.50 bits per heavy atom. The summed E-state index contributed by atoms with van der Waals surface area (Å²) in [6.45, 7) is 6.89. The smallest absolute Gasteiger partial charge is 0.180 e. The van der Waals surface area contributed by atoms with Crippen LogP contribution in [-0.4, -0.2) is 12.5 Å². The van der Waals surface area contributed by atoms with E-state index in [1.165, 1.54) is 0 Å². The van der Waals surface area contributed by atoms with Gasteiger partial charge in [-0.15, -0.1) is 0 Å². The van der Waals surface area contributed by atoms with E-state index in [4.69, 9.17) is 10.1 Å². The summed E-state index contributed by atoms with van der Waals surface area (Å²) in [7, 11) is 0. The van der Waals surface area contributed by atoms with Gasteiger partial charge in [0, 0.05) is 6.42 Å². The number of ether oxygens (including phenoxy) is 1. The third-order valence-corrected chi connectivity index (χ3v) is 1.07. The molecule has 0 rings (SSSR count). The molecule has 2 heteroatoms. The third-order valence-electron chi connectivity index (χ3n) is 1.07. The average molecular weight is 143 g/mol. The van der Waals surface area contributed by atoms with Crippen LogP contribution in [0.25, 0.3) is 0 Å². The van der Waals surface area contributed by atoms with Gasteiger partial charge in [0.2, 0.25) is 0 Å². The van der Waals surface area contributed by atoms with Gasteiger partial charge in [-0.25, -0.2) is 0 Å². The predicted molar refractivity (Wildman–Crippen MR) is 43.4 cm³/mol. The minimum absolute atomic E-state index is 0.427. The number of hydrogen-bond donors (Lipinski definition) is 1. The van der Waals surface area contributed by atoms with Gasteiger partial charge in [-0.3, -0.25) is 5.41 Å². The van der Waals surface area contributed by atoms with Gasteiger partial charge >= 0.3 is 0 Å². The maximum absolute atomic E-state index is 7.26. The second-order valence-corrected chi connectivity index (χ2v) is 2.88. The first-order chi connectivity index (χ1) is 4.66. The molecule has 60 valence electrons. The molecule has 0 aromatic heterocycles. The fourth-order valence-electron chi connectivity index (χ4n) is 0.566. The van der Waals surface area contributed by atoms with Gasteiger partial charge in [0.15, 0.2) is 5.90 Å². The summed E-state index contributed by atoms with van der Waals surface area (Å²) < 4.78 is 5.13. The summed E-state index contributed by atoms with van der Waals surface area (Å²) >= 11 is 0. The minimum atomic E-state index is 0.427. The fourth-order valence-corrected chi connectivity index (χ4v) is 0.566. The molecular weight excluding hydrogens is 126 g/mol. The van der Waals surface area contributed by atoms with Crippen LogP contribution in [0, 0.1) is 11.3 Å². The lowest BCUT2D eigenvalue weighted by Gasteiger charge is -2.07. The molecule has 10 heavy (non-hydrogen) atoms. The second-order valence-electron chi connectivity index (χ2n) is 2.88. The Kier molecular flexibility index (Phi) is 4.99. The summed E-state index contributed by atoms with van der Waals surface area (Å²) in [5, 5.41) is 7.26. The molecule has 0 radical (unpaired) electrons. The van der Waals surface area contributed by atoms with Crippen molar-refractivity contribution in [1.29, 1.82) is 5.41 Å². The Labute approximate surface area is 63.1 Å².